The number of rotatable bonds is 4. The number of thioether (sulfide) groups is 1. The Kier molecular flexibility index (Phi) is 6.22. The van der Waals surface area contributed by atoms with Gasteiger partial charge >= 0.3 is 0 Å². The van der Waals surface area contributed by atoms with Gasteiger partial charge in [-0.15, -0.1) is 0 Å². The Hall–Kier alpha value is -2.55. The average molecular weight is 460 g/mol. The third-order valence-corrected chi connectivity index (χ3v) is 6.53. The van der Waals surface area contributed by atoms with Crippen LogP contribution >= 0.6 is 23.4 Å². The third-order valence-electron chi connectivity index (χ3n) is 5.37. The summed E-state index contributed by atoms with van der Waals surface area (Å²) in [7, 11) is 0. The summed E-state index contributed by atoms with van der Waals surface area (Å²) in [6.07, 6.45) is 1.72. The molecular weight excluding hydrogens is 438 g/mol. The molecule has 0 radical (unpaired) electrons. The molecule has 4 rings (SSSR count). The van der Waals surface area contributed by atoms with E-state index in [2.05, 4.69) is 4.57 Å². The molecule has 0 spiro atoms. The van der Waals surface area contributed by atoms with Crippen LogP contribution in [0.5, 0.6) is 0 Å². The lowest BCUT2D eigenvalue weighted by Crippen LogP contribution is -2.46. The first-order valence-electron chi connectivity index (χ1n) is 9.91. The molecule has 31 heavy (non-hydrogen) atoms. The molecule has 9 heteroatoms. The maximum Gasteiger partial charge on any atom is 0.294 e. The molecule has 0 N–H and O–H groups in total. The molecular formula is C22H22ClN3O4S. The van der Waals surface area contributed by atoms with Gasteiger partial charge < -0.3 is 14.2 Å². The van der Waals surface area contributed by atoms with E-state index in [0.717, 1.165) is 39.3 Å². The van der Waals surface area contributed by atoms with E-state index >= 15 is 0 Å². The molecule has 2 aliphatic rings. The normalized spacial score (nSPS) is 18.4. The maximum absolute atomic E-state index is 12.8. The standard InChI is InChI=1S/C22H22ClN3O4S/c1-14-11-16(15(2)26(14)18-5-3-17(23)4-6-18)12-19-21(28)25(22(29)31-19)13-20(27)24-7-9-30-10-8-24/h3-6,11-12H,7-10,13H2,1-2H3/b19-12-. The summed E-state index contributed by atoms with van der Waals surface area (Å²) in [5, 5.41) is 0.233. The molecule has 1 aromatic heterocycles. The largest absolute Gasteiger partial charge is 0.378 e. The summed E-state index contributed by atoms with van der Waals surface area (Å²) in [6.45, 7) is 5.58. The highest BCUT2D eigenvalue weighted by atomic mass is 35.5. The van der Waals surface area contributed by atoms with E-state index in [-0.39, 0.29) is 12.5 Å². The number of hydrogen-bond acceptors (Lipinski definition) is 5. The predicted octanol–water partition coefficient (Wildman–Crippen LogP) is 3.64. The molecule has 2 aromatic rings. The Bertz CT molecular complexity index is 1070. The summed E-state index contributed by atoms with van der Waals surface area (Å²) >= 11 is 6.86. The monoisotopic (exact) mass is 459 g/mol. The Labute approximate surface area is 189 Å². The van der Waals surface area contributed by atoms with Gasteiger partial charge in [0.2, 0.25) is 5.91 Å². The van der Waals surface area contributed by atoms with Crippen molar-refractivity contribution >= 4 is 46.5 Å². The fourth-order valence-electron chi connectivity index (χ4n) is 3.75. The molecule has 0 unspecified atom stereocenters. The lowest BCUT2D eigenvalue weighted by Gasteiger charge is -2.28. The lowest BCUT2D eigenvalue weighted by molar-refractivity contribution is -0.139. The second kappa shape index (κ2) is 8.90. The number of carbonyl (C=O) groups is 3. The van der Waals surface area contributed by atoms with Crippen molar-refractivity contribution in [2.75, 3.05) is 32.8 Å². The molecule has 1 aromatic carbocycles. The molecule has 2 fully saturated rings. The van der Waals surface area contributed by atoms with Gasteiger partial charge in [0.1, 0.15) is 6.54 Å². The molecule has 3 amide bonds. The molecule has 0 saturated carbocycles. The number of aromatic nitrogens is 1. The van der Waals surface area contributed by atoms with Gasteiger partial charge in [-0.2, -0.15) is 0 Å². The maximum atomic E-state index is 12.8. The summed E-state index contributed by atoms with van der Waals surface area (Å²) in [6, 6.07) is 9.48. The summed E-state index contributed by atoms with van der Waals surface area (Å²) in [5.41, 5.74) is 3.74. The number of morpholine rings is 1. The zero-order valence-corrected chi connectivity index (χ0v) is 18.8. The first-order valence-corrected chi connectivity index (χ1v) is 11.1. The van der Waals surface area contributed by atoms with Crippen molar-refractivity contribution in [2.24, 2.45) is 0 Å². The minimum absolute atomic E-state index is 0.243. The molecule has 3 heterocycles. The second-order valence-corrected chi connectivity index (χ2v) is 8.83. The highest BCUT2D eigenvalue weighted by Gasteiger charge is 2.37. The Morgan fingerprint density at radius 3 is 2.52 bits per heavy atom. The van der Waals surface area contributed by atoms with Crippen LogP contribution in [-0.4, -0.2) is 64.3 Å². The van der Waals surface area contributed by atoms with Crippen LogP contribution in [0.1, 0.15) is 17.0 Å². The number of imide groups is 1. The van der Waals surface area contributed by atoms with Crippen molar-refractivity contribution in [1.82, 2.24) is 14.4 Å². The Balaban J connectivity index is 1.55. The van der Waals surface area contributed by atoms with Crippen molar-refractivity contribution in [3.8, 4) is 5.69 Å². The third kappa shape index (κ3) is 4.42. The quantitative estimate of drug-likeness (QED) is 0.653. The smallest absolute Gasteiger partial charge is 0.294 e. The number of ether oxygens (including phenoxy) is 1. The van der Waals surface area contributed by atoms with Crippen LogP contribution < -0.4 is 0 Å². The number of nitrogens with zero attached hydrogens (tertiary/aromatic N) is 3. The fourth-order valence-corrected chi connectivity index (χ4v) is 4.70. The lowest BCUT2D eigenvalue weighted by atomic mass is 10.2. The van der Waals surface area contributed by atoms with Gasteiger partial charge in [0.25, 0.3) is 11.1 Å². The number of halogens is 1. The predicted molar refractivity (Wildman–Crippen MR) is 120 cm³/mol. The van der Waals surface area contributed by atoms with Crippen LogP contribution in [-0.2, 0) is 14.3 Å². The van der Waals surface area contributed by atoms with E-state index in [4.69, 9.17) is 16.3 Å². The first kappa shape index (κ1) is 21.7. The van der Waals surface area contributed by atoms with Crippen molar-refractivity contribution in [3.05, 3.63) is 57.2 Å². The molecule has 7 nitrogen and oxygen atoms in total. The van der Waals surface area contributed by atoms with Crippen LogP contribution in [0.25, 0.3) is 11.8 Å². The van der Waals surface area contributed by atoms with E-state index in [1.165, 1.54) is 0 Å². The van der Waals surface area contributed by atoms with Crippen LogP contribution in [0, 0.1) is 13.8 Å². The van der Waals surface area contributed by atoms with Crippen LogP contribution in [0.2, 0.25) is 5.02 Å². The molecule has 0 atom stereocenters. The van der Waals surface area contributed by atoms with Gasteiger partial charge in [0.05, 0.1) is 18.1 Å². The highest BCUT2D eigenvalue weighted by Crippen LogP contribution is 2.34. The number of hydrogen-bond donors (Lipinski definition) is 0. The van der Waals surface area contributed by atoms with Crippen LogP contribution in [0.15, 0.2) is 35.2 Å². The molecule has 2 aliphatic heterocycles. The highest BCUT2D eigenvalue weighted by molar-refractivity contribution is 8.18. The Morgan fingerprint density at radius 1 is 1.16 bits per heavy atom. The zero-order chi connectivity index (χ0) is 22.1. The van der Waals surface area contributed by atoms with Crippen molar-refractivity contribution in [3.63, 3.8) is 0 Å². The van der Waals surface area contributed by atoms with Crippen molar-refractivity contribution < 1.29 is 19.1 Å². The Morgan fingerprint density at radius 2 is 1.84 bits per heavy atom. The second-order valence-electron chi connectivity index (χ2n) is 7.40. The SMILES string of the molecule is Cc1cc(/C=C2\SC(=O)N(CC(=O)N3CCOCC3)C2=O)c(C)n1-c1ccc(Cl)cc1. The van der Waals surface area contributed by atoms with Crippen LogP contribution in [0.4, 0.5) is 4.79 Å². The van der Waals surface area contributed by atoms with Gasteiger partial charge in [-0.05, 0) is 67.6 Å². The summed E-state index contributed by atoms with van der Waals surface area (Å²) in [4.78, 5) is 40.7. The van der Waals surface area contributed by atoms with Gasteiger partial charge in [-0.25, -0.2) is 0 Å². The number of carbonyl (C=O) groups excluding carboxylic acids is 3. The molecule has 162 valence electrons. The van der Waals surface area contributed by atoms with Crippen LogP contribution in [0.3, 0.4) is 0 Å². The minimum atomic E-state index is -0.437. The molecule has 0 bridgehead atoms. The molecule has 2 saturated heterocycles. The van der Waals surface area contributed by atoms with E-state index in [0.29, 0.717) is 36.2 Å². The van der Waals surface area contributed by atoms with Crippen molar-refractivity contribution in [2.45, 2.75) is 13.8 Å². The van der Waals surface area contributed by atoms with Gasteiger partial charge in [-0.3, -0.25) is 19.3 Å². The van der Waals surface area contributed by atoms with E-state index < -0.39 is 11.1 Å². The van der Waals surface area contributed by atoms with Crippen molar-refractivity contribution in [1.29, 1.82) is 0 Å². The van der Waals surface area contributed by atoms with E-state index in [9.17, 15) is 14.4 Å². The number of benzene rings is 1. The summed E-state index contributed by atoms with van der Waals surface area (Å²) in [5.74, 6) is -0.680. The minimum Gasteiger partial charge on any atom is -0.378 e. The average Bonchev–Trinajstić information content (AvgIpc) is 3.19. The summed E-state index contributed by atoms with van der Waals surface area (Å²) < 4.78 is 7.31. The fraction of sp³-hybridized carbons (Fsp3) is 0.318. The van der Waals surface area contributed by atoms with Gasteiger partial charge in [0, 0.05) is 35.2 Å². The zero-order valence-electron chi connectivity index (χ0n) is 17.3. The molecule has 0 aliphatic carbocycles. The van der Waals surface area contributed by atoms with Gasteiger partial charge in [-0.1, -0.05) is 11.6 Å². The van der Waals surface area contributed by atoms with E-state index in [1.54, 1.807) is 11.0 Å². The number of aryl methyl sites for hydroxylation is 1. The topological polar surface area (TPSA) is 71.9 Å². The number of amides is 3. The first-order chi connectivity index (χ1) is 14.8. The van der Waals surface area contributed by atoms with Gasteiger partial charge in [0.15, 0.2) is 0 Å². The van der Waals surface area contributed by atoms with E-state index in [1.807, 2.05) is 44.2 Å².